The minimum absolute atomic E-state index is 0.0647. The van der Waals surface area contributed by atoms with Crippen LogP contribution in [0.2, 0.25) is 0 Å². The van der Waals surface area contributed by atoms with Crippen LogP contribution in [0, 0.1) is 6.92 Å². The first-order chi connectivity index (χ1) is 14.4. The molecule has 2 atom stereocenters. The molecule has 0 heterocycles. The predicted octanol–water partition coefficient (Wildman–Crippen LogP) is 6.69. The molecule has 2 aromatic rings. The van der Waals surface area contributed by atoms with E-state index in [2.05, 4.69) is 26.0 Å². The maximum Gasteiger partial charge on any atom is 0.164 e. The van der Waals surface area contributed by atoms with Crippen LogP contribution in [0.1, 0.15) is 75.5 Å². The van der Waals surface area contributed by atoms with Crippen molar-refractivity contribution in [2.75, 3.05) is 21.3 Å². The average Bonchev–Trinajstić information content (AvgIpc) is 2.76. The molecule has 2 unspecified atom stereocenters. The molecule has 0 spiro atoms. The number of para-hydroxylation sites is 1. The number of ketones is 1. The zero-order valence-electron chi connectivity index (χ0n) is 19.9. The second-order valence-electron chi connectivity index (χ2n) is 7.26. The third-order valence-corrected chi connectivity index (χ3v) is 5.36. The molecule has 0 saturated heterocycles. The molecule has 0 aliphatic carbocycles. The van der Waals surface area contributed by atoms with Gasteiger partial charge in [-0.15, -0.1) is 0 Å². The Bertz CT molecular complexity index is 798. The van der Waals surface area contributed by atoms with E-state index in [1.807, 2.05) is 38.1 Å². The number of Topliss-reactive ketones (excluding diaryl/α,β-unsaturated/α-hetero) is 1. The van der Waals surface area contributed by atoms with Crippen LogP contribution in [0.3, 0.4) is 0 Å². The van der Waals surface area contributed by atoms with Crippen molar-refractivity contribution in [3.05, 3.63) is 53.1 Å². The largest absolute Gasteiger partial charge is 0.496 e. The molecule has 4 heteroatoms. The van der Waals surface area contributed by atoms with Gasteiger partial charge in [-0.3, -0.25) is 0 Å². The molecular weight excluding hydrogens is 376 g/mol. The third kappa shape index (κ3) is 6.51. The van der Waals surface area contributed by atoms with Gasteiger partial charge in [-0.25, -0.2) is 0 Å². The molecule has 0 aliphatic rings. The zero-order chi connectivity index (χ0) is 22.7. The number of carbonyl (C=O) groups excluding carboxylic acids is 1. The number of aryl methyl sites for hydroxylation is 1. The highest BCUT2D eigenvalue weighted by Crippen LogP contribution is 2.42. The second kappa shape index (κ2) is 12.9. The van der Waals surface area contributed by atoms with Gasteiger partial charge in [-0.2, -0.15) is 0 Å². The molecule has 0 aromatic heterocycles. The number of carbonyl (C=O) groups is 1. The molecule has 0 bridgehead atoms. The van der Waals surface area contributed by atoms with E-state index in [9.17, 15) is 4.79 Å². The van der Waals surface area contributed by atoms with Crippen molar-refractivity contribution in [1.29, 1.82) is 0 Å². The molecule has 0 amide bonds. The van der Waals surface area contributed by atoms with E-state index in [4.69, 9.17) is 14.2 Å². The van der Waals surface area contributed by atoms with Crippen LogP contribution in [0.15, 0.2) is 36.4 Å². The minimum Gasteiger partial charge on any atom is -0.496 e. The summed E-state index contributed by atoms with van der Waals surface area (Å²) in [5.74, 6) is 2.89. The fraction of sp³-hybridized carbons (Fsp3) is 0.500. The lowest BCUT2D eigenvalue weighted by Crippen LogP contribution is -2.11. The quantitative estimate of drug-likeness (QED) is 0.434. The second-order valence-corrected chi connectivity index (χ2v) is 7.26. The van der Waals surface area contributed by atoms with Crippen molar-refractivity contribution in [1.82, 2.24) is 0 Å². The van der Waals surface area contributed by atoms with Crippen molar-refractivity contribution in [2.45, 2.75) is 65.7 Å². The lowest BCUT2D eigenvalue weighted by molar-refractivity contribution is -0.117. The van der Waals surface area contributed by atoms with E-state index < -0.39 is 0 Å². The molecule has 2 rings (SSSR count). The van der Waals surface area contributed by atoms with Gasteiger partial charge < -0.3 is 19.0 Å². The number of methoxy groups -OCH3 is 3. The topological polar surface area (TPSA) is 44.8 Å². The summed E-state index contributed by atoms with van der Waals surface area (Å²) in [6, 6.07) is 12.2. The highest BCUT2D eigenvalue weighted by atomic mass is 16.5. The smallest absolute Gasteiger partial charge is 0.164 e. The van der Waals surface area contributed by atoms with Crippen LogP contribution in [0.5, 0.6) is 17.2 Å². The van der Waals surface area contributed by atoms with E-state index in [1.54, 1.807) is 28.3 Å². The summed E-state index contributed by atoms with van der Waals surface area (Å²) in [6.07, 6.45) is 2.34. The van der Waals surface area contributed by atoms with E-state index in [0.29, 0.717) is 18.1 Å². The van der Waals surface area contributed by atoms with Gasteiger partial charge in [-0.05, 0) is 61.8 Å². The average molecular weight is 415 g/mol. The van der Waals surface area contributed by atoms with E-state index in [1.165, 1.54) is 5.56 Å². The number of hydrogen-bond acceptors (Lipinski definition) is 4. The maximum atomic E-state index is 12.0. The summed E-state index contributed by atoms with van der Waals surface area (Å²) in [7, 11) is 4.98. The van der Waals surface area contributed by atoms with Crippen molar-refractivity contribution in [3.63, 3.8) is 0 Å². The summed E-state index contributed by atoms with van der Waals surface area (Å²) in [6.45, 7) is 9.91. The summed E-state index contributed by atoms with van der Waals surface area (Å²) >= 11 is 0. The summed E-state index contributed by atoms with van der Waals surface area (Å²) < 4.78 is 16.5. The van der Waals surface area contributed by atoms with Gasteiger partial charge in [0, 0.05) is 12.0 Å². The highest BCUT2D eigenvalue weighted by molar-refractivity contribution is 5.76. The Morgan fingerprint density at radius 3 is 2.10 bits per heavy atom. The first-order valence-electron chi connectivity index (χ1n) is 10.8. The number of rotatable bonds is 10. The fourth-order valence-electron chi connectivity index (χ4n) is 3.94. The fourth-order valence-corrected chi connectivity index (χ4v) is 3.94. The molecule has 0 N–H and O–H groups in total. The Morgan fingerprint density at radius 2 is 1.60 bits per heavy atom. The molecule has 2 aromatic carbocycles. The molecule has 0 aliphatic heterocycles. The number of ether oxygens (including phenoxy) is 3. The predicted molar refractivity (Wildman–Crippen MR) is 124 cm³/mol. The SMILES string of the molecule is CC.CCC(CC(CC(C)=O)c1cccc(OC)c1OC)c1ccc(OC)c(C)c1. The molecule has 4 nitrogen and oxygen atoms in total. The summed E-state index contributed by atoms with van der Waals surface area (Å²) in [5.41, 5.74) is 3.43. The molecule has 30 heavy (non-hydrogen) atoms. The summed E-state index contributed by atoms with van der Waals surface area (Å²) in [5, 5.41) is 0. The van der Waals surface area contributed by atoms with Gasteiger partial charge in [0.15, 0.2) is 11.5 Å². The standard InChI is InChI=1S/C24H32O4.C2H6/c1-7-18(19-11-12-22(26-4)16(2)13-19)15-20(14-17(3)25)21-9-8-10-23(27-5)24(21)28-6;1-2/h8-13,18,20H,7,14-15H2,1-6H3;1-2H3. The van der Waals surface area contributed by atoms with Gasteiger partial charge in [0.05, 0.1) is 21.3 Å². The Balaban J connectivity index is 0.00000218. The molecule has 0 radical (unpaired) electrons. The van der Waals surface area contributed by atoms with Gasteiger partial charge in [0.25, 0.3) is 0 Å². The van der Waals surface area contributed by atoms with Crippen LogP contribution < -0.4 is 14.2 Å². The highest BCUT2D eigenvalue weighted by Gasteiger charge is 2.24. The Kier molecular flexibility index (Phi) is 11.0. The molecule has 0 fully saturated rings. The van der Waals surface area contributed by atoms with Crippen LogP contribution in [-0.2, 0) is 4.79 Å². The van der Waals surface area contributed by atoms with Crippen molar-refractivity contribution in [3.8, 4) is 17.2 Å². The lowest BCUT2D eigenvalue weighted by atomic mass is 9.80. The Labute approximate surface area is 182 Å². The van der Waals surface area contributed by atoms with Crippen LogP contribution in [0.4, 0.5) is 0 Å². The van der Waals surface area contributed by atoms with Gasteiger partial charge in [-0.1, -0.05) is 45.0 Å². The van der Waals surface area contributed by atoms with Crippen LogP contribution in [-0.4, -0.2) is 27.1 Å². The first-order valence-corrected chi connectivity index (χ1v) is 10.8. The van der Waals surface area contributed by atoms with E-state index >= 15 is 0 Å². The number of benzene rings is 2. The van der Waals surface area contributed by atoms with Crippen LogP contribution >= 0.6 is 0 Å². The van der Waals surface area contributed by atoms with Crippen LogP contribution in [0.25, 0.3) is 0 Å². The van der Waals surface area contributed by atoms with Crippen molar-refractivity contribution < 1.29 is 19.0 Å². The van der Waals surface area contributed by atoms with E-state index in [-0.39, 0.29) is 11.7 Å². The van der Waals surface area contributed by atoms with Gasteiger partial charge in [0.2, 0.25) is 0 Å². The van der Waals surface area contributed by atoms with E-state index in [0.717, 1.165) is 35.5 Å². The van der Waals surface area contributed by atoms with Gasteiger partial charge >= 0.3 is 0 Å². The maximum absolute atomic E-state index is 12.0. The Hall–Kier alpha value is -2.49. The monoisotopic (exact) mass is 414 g/mol. The number of hydrogen-bond donors (Lipinski definition) is 0. The normalized spacial score (nSPS) is 12.3. The van der Waals surface area contributed by atoms with Crippen molar-refractivity contribution in [2.24, 2.45) is 0 Å². The molecule has 0 saturated carbocycles. The first kappa shape index (κ1) is 25.5. The summed E-state index contributed by atoms with van der Waals surface area (Å²) in [4.78, 5) is 12.0. The minimum atomic E-state index is 0.0647. The molecule has 166 valence electrons. The molecular formula is C26H38O4. The van der Waals surface area contributed by atoms with Crippen molar-refractivity contribution >= 4 is 5.78 Å². The lowest BCUT2D eigenvalue weighted by Gasteiger charge is -2.25. The Morgan fingerprint density at radius 1 is 0.933 bits per heavy atom. The van der Waals surface area contributed by atoms with Gasteiger partial charge in [0.1, 0.15) is 11.5 Å². The zero-order valence-corrected chi connectivity index (χ0v) is 19.9. The third-order valence-electron chi connectivity index (χ3n) is 5.36.